The van der Waals surface area contributed by atoms with Gasteiger partial charge in [0.05, 0.1) is 0 Å². The van der Waals surface area contributed by atoms with Crippen LogP contribution in [0, 0.1) is 0 Å². The highest BCUT2D eigenvalue weighted by Gasteiger charge is 2.20. The lowest BCUT2D eigenvalue weighted by Crippen LogP contribution is -2.20. The van der Waals surface area contributed by atoms with Gasteiger partial charge in [0.1, 0.15) is 0 Å². The Labute approximate surface area is 128 Å². The van der Waals surface area contributed by atoms with Crippen LogP contribution in [0.25, 0.3) is 0 Å². The van der Waals surface area contributed by atoms with Crippen LogP contribution in [0.1, 0.15) is 48.4 Å². The fourth-order valence-electron chi connectivity index (χ4n) is 3.45. The molecule has 2 aromatic rings. The van der Waals surface area contributed by atoms with Crippen LogP contribution < -0.4 is 5.32 Å². The zero-order chi connectivity index (χ0) is 14.5. The van der Waals surface area contributed by atoms with E-state index < -0.39 is 0 Å². The fourth-order valence-corrected chi connectivity index (χ4v) is 3.45. The van der Waals surface area contributed by atoms with Gasteiger partial charge in [0, 0.05) is 25.0 Å². The second kappa shape index (κ2) is 6.95. The van der Waals surface area contributed by atoms with Crippen molar-refractivity contribution in [3.8, 4) is 0 Å². The van der Waals surface area contributed by atoms with Gasteiger partial charge in [0.15, 0.2) is 0 Å². The van der Waals surface area contributed by atoms with Gasteiger partial charge in [0.25, 0.3) is 0 Å². The van der Waals surface area contributed by atoms with Crippen molar-refractivity contribution in [2.24, 2.45) is 0 Å². The van der Waals surface area contributed by atoms with Crippen LogP contribution in [0.5, 0.6) is 0 Å². The SMILES string of the molecule is CNC1CCCc2cn(CCCCc3ccccc3)cc21. The van der Waals surface area contributed by atoms with Gasteiger partial charge >= 0.3 is 0 Å². The molecule has 0 bridgehead atoms. The average Bonchev–Trinajstić information content (AvgIpc) is 2.95. The van der Waals surface area contributed by atoms with Crippen molar-refractivity contribution in [1.29, 1.82) is 0 Å². The molecular formula is C19H26N2. The van der Waals surface area contributed by atoms with Crippen molar-refractivity contribution in [2.75, 3.05) is 7.05 Å². The molecule has 21 heavy (non-hydrogen) atoms. The monoisotopic (exact) mass is 282 g/mol. The predicted octanol–water partition coefficient (Wildman–Crippen LogP) is 4.11. The van der Waals surface area contributed by atoms with Crippen molar-refractivity contribution >= 4 is 0 Å². The first-order chi connectivity index (χ1) is 10.4. The number of hydrogen-bond acceptors (Lipinski definition) is 1. The summed E-state index contributed by atoms with van der Waals surface area (Å²) in [4.78, 5) is 0. The van der Waals surface area contributed by atoms with Crippen LogP contribution in [-0.2, 0) is 19.4 Å². The molecule has 1 unspecified atom stereocenters. The zero-order valence-electron chi connectivity index (χ0n) is 13.0. The Kier molecular flexibility index (Phi) is 4.76. The highest BCUT2D eigenvalue weighted by atomic mass is 15.0. The van der Waals surface area contributed by atoms with Gasteiger partial charge in [-0.2, -0.15) is 0 Å². The predicted molar refractivity (Wildman–Crippen MR) is 88.6 cm³/mol. The first-order valence-corrected chi connectivity index (χ1v) is 8.26. The second-order valence-corrected chi connectivity index (χ2v) is 6.15. The van der Waals surface area contributed by atoms with E-state index in [2.05, 4.69) is 59.7 Å². The maximum Gasteiger partial charge on any atom is 0.0335 e. The summed E-state index contributed by atoms with van der Waals surface area (Å²) in [5.41, 5.74) is 4.55. The molecule has 1 heterocycles. The van der Waals surface area contributed by atoms with Gasteiger partial charge in [-0.25, -0.2) is 0 Å². The molecule has 1 atom stereocenters. The quantitative estimate of drug-likeness (QED) is 0.789. The number of rotatable bonds is 6. The summed E-state index contributed by atoms with van der Waals surface area (Å²) < 4.78 is 2.41. The van der Waals surface area contributed by atoms with Crippen molar-refractivity contribution in [2.45, 2.75) is 51.1 Å². The fraction of sp³-hybridized carbons (Fsp3) is 0.474. The highest BCUT2D eigenvalue weighted by Crippen LogP contribution is 2.30. The van der Waals surface area contributed by atoms with E-state index in [1.165, 1.54) is 49.7 Å². The van der Waals surface area contributed by atoms with Gasteiger partial charge in [-0.3, -0.25) is 0 Å². The molecule has 0 radical (unpaired) electrons. The molecule has 112 valence electrons. The van der Waals surface area contributed by atoms with Gasteiger partial charge in [0.2, 0.25) is 0 Å². The number of aromatic nitrogens is 1. The molecule has 1 aliphatic rings. The molecule has 3 rings (SSSR count). The number of nitrogens with zero attached hydrogens (tertiary/aromatic N) is 1. The van der Waals surface area contributed by atoms with Crippen molar-refractivity contribution < 1.29 is 0 Å². The molecule has 1 aromatic carbocycles. The Morgan fingerprint density at radius 3 is 2.81 bits per heavy atom. The van der Waals surface area contributed by atoms with Gasteiger partial charge in [-0.15, -0.1) is 0 Å². The normalized spacial score (nSPS) is 17.7. The molecule has 0 spiro atoms. The van der Waals surface area contributed by atoms with E-state index in [0.717, 1.165) is 6.54 Å². The summed E-state index contributed by atoms with van der Waals surface area (Å²) in [6.45, 7) is 1.15. The first kappa shape index (κ1) is 14.4. The van der Waals surface area contributed by atoms with E-state index in [1.807, 2.05) is 0 Å². The summed E-state index contributed by atoms with van der Waals surface area (Å²) in [5, 5.41) is 3.45. The number of unbranched alkanes of at least 4 members (excludes halogenated alkanes) is 1. The lowest BCUT2D eigenvalue weighted by Gasteiger charge is -2.21. The number of benzene rings is 1. The topological polar surface area (TPSA) is 17.0 Å². The molecule has 1 N–H and O–H groups in total. The minimum atomic E-state index is 0.569. The van der Waals surface area contributed by atoms with Crippen molar-refractivity contribution in [3.63, 3.8) is 0 Å². The summed E-state index contributed by atoms with van der Waals surface area (Å²) in [5.74, 6) is 0. The van der Waals surface area contributed by atoms with E-state index in [1.54, 1.807) is 5.56 Å². The van der Waals surface area contributed by atoms with Crippen LogP contribution >= 0.6 is 0 Å². The molecular weight excluding hydrogens is 256 g/mol. The van der Waals surface area contributed by atoms with E-state index in [9.17, 15) is 0 Å². The number of hydrogen-bond donors (Lipinski definition) is 1. The molecule has 0 saturated heterocycles. The maximum atomic E-state index is 3.45. The van der Waals surface area contributed by atoms with E-state index in [-0.39, 0.29) is 0 Å². The Morgan fingerprint density at radius 2 is 2.00 bits per heavy atom. The van der Waals surface area contributed by atoms with Gasteiger partial charge in [-0.1, -0.05) is 30.3 Å². The standard InChI is InChI=1S/C19H26N2/c1-20-19-12-7-11-17-14-21(15-18(17)19)13-6-5-10-16-8-3-2-4-9-16/h2-4,8-9,14-15,19-20H,5-7,10-13H2,1H3. The Balaban J connectivity index is 1.51. The third-order valence-corrected chi connectivity index (χ3v) is 4.63. The van der Waals surface area contributed by atoms with Crippen molar-refractivity contribution in [1.82, 2.24) is 9.88 Å². The zero-order valence-corrected chi connectivity index (χ0v) is 13.0. The van der Waals surface area contributed by atoms with Crippen LogP contribution in [0.2, 0.25) is 0 Å². The molecule has 0 aliphatic heterocycles. The van der Waals surface area contributed by atoms with E-state index in [0.29, 0.717) is 6.04 Å². The lowest BCUT2D eigenvalue weighted by molar-refractivity contribution is 0.498. The van der Waals surface area contributed by atoms with E-state index >= 15 is 0 Å². The summed E-state index contributed by atoms with van der Waals surface area (Å²) >= 11 is 0. The summed E-state index contributed by atoms with van der Waals surface area (Å²) in [6.07, 6.45) is 12.3. The average molecular weight is 282 g/mol. The maximum absolute atomic E-state index is 3.45. The first-order valence-electron chi connectivity index (χ1n) is 8.26. The number of aryl methyl sites for hydroxylation is 3. The van der Waals surface area contributed by atoms with Gasteiger partial charge < -0.3 is 9.88 Å². The molecule has 1 aliphatic carbocycles. The third-order valence-electron chi connectivity index (χ3n) is 4.63. The van der Waals surface area contributed by atoms with Gasteiger partial charge in [-0.05, 0) is 62.3 Å². The second-order valence-electron chi connectivity index (χ2n) is 6.15. The molecule has 0 amide bonds. The molecule has 0 fully saturated rings. The minimum Gasteiger partial charge on any atom is -0.354 e. The molecule has 2 nitrogen and oxygen atoms in total. The molecule has 0 saturated carbocycles. The molecule has 1 aromatic heterocycles. The Morgan fingerprint density at radius 1 is 1.14 bits per heavy atom. The minimum absolute atomic E-state index is 0.569. The highest BCUT2D eigenvalue weighted by molar-refractivity contribution is 5.30. The number of fused-ring (bicyclic) bond motifs is 1. The number of nitrogens with one attached hydrogen (secondary N) is 1. The third kappa shape index (κ3) is 3.56. The smallest absolute Gasteiger partial charge is 0.0335 e. The largest absolute Gasteiger partial charge is 0.354 e. The van der Waals surface area contributed by atoms with Crippen molar-refractivity contribution in [3.05, 3.63) is 59.4 Å². The van der Waals surface area contributed by atoms with E-state index in [4.69, 9.17) is 0 Å². The van der Waals surface area contributed by atoms with Crippen LogP contribution in [0.4, 0.5) is 0 Å². The Bertz CT molecular complexity index is 556. The van der Waals surface area contributed by atoms with Crippen LogP contribution in [0.3, 0.4) is 0 Å². The molecule has 2 heteroatoms. The lowest BCUT2D eigenvalue weighted by atomic mass is 9.91. The van der Waals surface area contributed by atoms with Crippen LogP contribution in [-0.4, -0.2) is 11.6 Å². The Hall–Kier alpha value is -1.54. The summed E-state index contributed by atoms with van der Waals surface area (Å²) in [7, 11) is 2.08. The van der Waals surface area contributed by atoms with Crippen LogP contribution in [0.15, 0.2) is 42.7 Å². The summed E-state index contributed by atoms with van der Waals surface area (Å²) in [6, 6.07) is 11.4.